The fourth-order valence-corrected chi connectivity index (χ4v) is 4.32. The number of amides is 4. The van der Waals surface area contributed by atoms with Crippen molar-refractivity contribution in [2.75, 3.05) is 25.1 Å². The third kappa shape index (κ3) is 2.96. The van der Waals surface area contributed by atoms with Crippen LogP contribution in [0.5, 0.6) is 11.5 Å². The number of ether oxygens (including phenoxy) is 2. The van der Waals surface area contributed by atoms with Gasteiger partial charge in [-0.3, -0.25) is 14.5 Å². The van der Waals surface area contributed by atoms with Gasteiger partial charge >= 0.3 is 6.03 Å². The molecule has 5 rings (SSSR count). The minimum absolute atomic E-state index is 0.358. The summed E-state index contributed by atoms with van der Waals surface area (Å²) in [5.74, 6) is 0.339. The van der Waals surface area contributed by atoms with Crippen molar-refractivity contribution < 1.29 is 23.9 Å². The molecule has 2 N–H and O–H groups in total. The number of nitrogens with zero attached hydrogens (tertiary/aromatic N) is 1. The Labute approximate surface area is 173 Å². The standard InChI is InChI=1S/C22H21N3O5/c26-19(23-15-6-7-17-18(12-15)30-11-3-10-29-17)13-25-20(27)22(24-21(25)28)9-8-14-4-1-2-5-16(14)22/h1-2,4-7,12H,3,8-11,13H2,(H,23,26)(H,24,28)/t22-/m1/s1. The van der Waals surface area contributed by atoms with Gasteiger partial charge in [-0.1, -0.05) is 24.3 Å². The third-order valence-electron chi connectivity index (χ3n) is 5.76. The molecule has 0 unspecified atom stereocenters. The number of benzene rings is 2. The average Bonchev–Trinajstić information content (AvgIpc) is 3.09. The molecule has 2 aromatic rings. The van der Waals surface area contributed by atoms with Gasteiger partial charge in [-0.15, -0.1) is 0 Å². The molecule has 4 amide bonds. The van der Waals surface area contributed by atoms with Gasteiger partial charge in [0.2, 0.25) is 5.91 Å². The van der Waals surface area contributed by atoms with Crippen LogP contribution in [-0.4, -0.2) is 42.5 Å². The first-order valence-corrected chi connectivity index (χ1v) is 9.99. The fourth-order valence-electron chi connectivity index (χ4n) is 4.32. The molecule has 2 aromatic carbocycles. The Hall–Kier alpha value is -3.55. The van der Waals surface area contributed by atoms with Crippen LogP contribution in [0.4, 0.5) is 10.5 Å². The Balaban J connectivity index is 1.31. The van der Waals surface area contributed by atoms with E-state index in [0.717, 1.165) is 22.4 Å². The van der Waals surface area contributed by atoms with Crippen molar-refractivity contribution in [3.05, 3.63) is 53.6 Å². The number of hydrogen-bond acceptors (Lipinski definition) is 5. The van der Waals surface area contributed by atoms with Gasteiger partial charge in [0.15, 0.2) is 11.5 Å². The predicted octanol–water partition coefficient (Wildman–Crippen LogP) is 2.18. The minimum atomic E-state index is -1.07. The summed E-state index contributed by atoms with van der Waals surface area (Å²) in [6.07, 6.45) is 1.99. The highest BCUT2D eigenvalue weighted by atomic mass is 16.5. The van der Waals surface area contributed by atoms with Crippen molar-refractivity contribution in [3.63, 3.8) is 0 Å². The second-order valence-electron chi connectivity index (χ2n) is 7.64. The van der Waals surface area contributed by atoms with Crippen LogP contribution in [0.3, 0.4) is 0 Å². The summed E-state index contributed by atoms with van der Waals surface area (Å²) in [5.41, 5.74) is 1.31. The molecule has 0 saturated carbocycles. The average molecular weight is 407 g/mol. The Morgan fingerprint density at radius 3 is 2.77 bits per heavy atom. The Bertz CT molecular complexity index is 1050. The van der Waals surface area contributed by atoms with Crippen LogP contribution in [0, 0.1) is 0 Å². The molecular weight excluding hydrogens is 386 g/mol. The Kier molecular flexibility index (Phi) is 4.34. The first kappa shape index (κ1) is 18.5. The normalized spacial score (nSPS) is 21.9. The number of anilines is 1. The lowest BCUT2D eigenvalue weighted by Crippen LogP contribution is -2.42. The lowest BCUT2D eigenvalue weighted by atomic mass is 9.92. The minimum Gasteiger partial charge on any atom is -0.490 e. The van der Waals surface area contributed by atoms with Crippen LogP contribution in [0.2, 0.25) is 0 Å². The first-order chi connectivity index (χ1) is 14.6. The molecule has 3 aliphatic rings. The summed E-state index contributed by atoms with van der Waals surface area (Å²) in [6.45, 7) is 0.759. The summed E-state index contributed by atoms with van der Waals surface area (Å²) in [6, 6.07) is 12.2. The molecule has 0 radical (unpaired) electrons. The van der Waals surface area contributed by atoms with Crippen LogP contribution in [-0.2, 0) is 21.5 Å². The van der Waals surface area contributed by atoms with Gasteiger partial charge in [0.1, 0.15) is 12.1 Å². The number of imide groups is 1. The van der Waals surface area contributed by atoms with E-state index >= 15 is 0 Å². The number of carbonyl (C=O) groups is 3. The number of hydrogen-bond donors (Lipinski definition) is 2. The van der Waals surface area contributed by atoms with Crippen LogP contribution >= 0.6 is 0 Å². The van der Waals surface area contributed by atoms with E-state index in [1.165, 1.54) is 0 Å². The quantitative estimate of drug-likeness (QED) is 0.761. The zero-order chi connectivity index (χ0) is 20.7. The molecule has 1 fully saturated rings. The number of nitrogens with one attached hydrogen (secondary N) is 2. The molecule has 1 spiro atoms. The van der Waals surface area contributed by atoms with E-state index < -0.39 is 17.5 Å². The van der Waals surface area contributed by atoms with Gasteiger partial charge in [-0.05, 0) is 36.1 Å². The Morgan fingerprint density at radius 2 is 1.90 bits per heavy atom. The van der Waals surface area contributed by atoms with Gasteiger partial charge in [-0.2, -0.15) is 0 Å². The molecule has 2 aliphatic heterocycles. The molecule has 8 nitrogen and oxygen atoms in total. The van der Waals surface area contributed by atoms with Crippen LogP contribution in [0.15, 0.2) is 42.5 Å². The van der Waals surface area contributed by atoms with Crippen molar-refractivity contribution in [1.29, 1.82) is 0 Å². The van der Waals surface area contributed by atoms with Gasteiger partial charge in [0, 0.05) is 18.2 Å². The molecular formula is C22H21N3O5. The van der Waals surface area contributed by atoms with Crippen LogP contribution < -0.4 is 20.1 Å². The number of fused-ring (bicyclic) bond motifs is 3. The summed E-state index contributed by atoms with van der Waals surface area (Å²) >= 11 is 0. The second kappa shape index (κ2) is 7.05. The lowest BCUT2D eigenvalue weighted by Gasteiger charge is -2.22. The van der Waals surface area contributed by atoms with E-state index in [9.17, 15) is 14.4 Å². The monoisotopic (exact) mass is 407 g/mol. The van der Waals surface area contributed by atoms with E-state index in [2.05, 4.69) is 10.6 Å². The SMILES string of the molecule is O=C(CN1C(=O)N[C@@]2(CCc3ccccc32)C1=O)Nc1ccc2c(c1)OCCCO2. The van der Waals surface area contributed by atoms with Crippen molar-refractivity contribution in [2.24, 2.45) is 0 Å². The van der Waals surface area contributed by atoms with E-state index in [-0.39, 0.29) is 12.5 Å². The maximum Gasteiger partial charge on any atom is 0.325 e. The van der Waals surface area contributed by atoms with Crippen LogP contribution in [0.25, 0.3) is 0 Å². The molecule has 1 saturated heterocycles. The fraction of sp³-hybridized carbons (Fsp3) is 0.318. The zero-order valence-corrected chi connectivity index (χ0v) is 16.3. The molecule has 0 bridgehead atoms. The number of carbonyl (C=O) groups excluding carboxylic acids is 3. The zero-order valence-electron chi connectivity index (χ0n) is 16.3. The van der Waals surface area contributed by atoms with Gasteiger partial charge in [0.05, 0.1) is 13.2 Å². The molecule has 1 aliphatic carbocycles. The van der Waals surface area contributed by atoms with Crippen molar-refractivity contribution in [2.45, 2.75) is 24.8 Å². The van der Waals surface area contributed by atoms with E-state index in [4.69, 9.17) is 9.47 Å². The van der Waals surface area contributed by atoms with Gasteiger partial charge < -0.3 is 20.1 Å². The maximum absolute atomic E-state index is 13.1. The molecule has 154 valence electrons. The van der Waals surface area contributed by atoms with E-state index in [1.54, 1.807) is 18.2 Å². The largest absolute Gasteiger partial charge is 0.490 e. The summed E-state index contributed by atoms with van der Waals surface area (Å²) < 4.78 is 11.2. The summed E-state index contributed by atoms with van der Waals surface area (Å²) in [5, 5.41) is 5.55. The van der Waals surface area contributed by atoms with Gasteiger partial charge in [-0.25, -0.2) is 4.79 Å². The first-order valence-electron chi connectivity index (χ1n) is 9.99. The molecule has 0 aromatic heterocycles. The maximum atomic E-state index is 13.1. The molecule has 2 heterocycles. The smallest absolute Gasteiger partial charge is 0.325 e. The lowest BCUT2D eigenvalue weighted by molar-refractivity contribution is -0.134. The highest BCUT2D eigenvalue weighted by molar-refractivity contribution is 6.11. The summed E-state index contributed by atoms with van der Waals surface area (Å²) in [7, 11) is 0. The number of aryl methyl sites for hydroxylation is 1. The van der Waals surface area contributed by atoms with Crippen molar-refractivity contribution in [3.8, 4) is 11.5 Å². The number of urea groups is 1. The summed E-state index contributed by atoms with van der Waals surface area (Å²) in [4.78, 5) is 39.3. The van der Waals surface area contributed by atoms with Gasteiger partial charge in [0.25, 0.3) is 5.91 Å². The predicted molar refractivity (Wildman–Crippen MR) is 107 cm³/mol. The molecule has 30 heavy (non-hydrogen) atoms. The second-order valence-corrected chi connectivity index (χ2v) is 7.64. The van der Waals surface area contributed by atoms with Crippen molar-refractivity contribution >= 4 is 23.5 Å². The van der Waals surface area contributed by atoms with E-state index in [1.807, 2.05) is 24.3 Å². The molecule has 1 atom stereocenters. The number of rotatable bonds is 3. The highest BCUT2D eigenvalue weighted by Gasteiger charge is 2.55. The highest BCUT2D eigenvalue weighted by Crippen LogP contribution is 2.41. The van der Waals surface area contributed by atoms with Crippen molar-refractivity contribution in [1.82, 2.24) is 10.2 Å². The van der Waals surface area contributed by atoms with Crippen LogP contribution in [0.1, 0.15) is 24.0 Å². The Morgan fingerprint density at radius 1 is 1.10 bits per heavy atom. The molecule has 8 heteroatoms. The van der Waals surface area contributed by atoms with E-state index in [0.29, 0.717) is 43.2 Å². The topological polar surface area (TPSA) is 97.0 Å². The third-order valence-corrected chi connectivity index (χ3v) is 5.76.